The molecule has 2 N–H and O–H groups in total. The summed E-state index contributed by atoms with van der Waals surface area (Å²) in [5.41, 5.74) is 4.49. The van der Waals surface area contributed by atoms with Gasteiger partial charge >= 0.3 is 5.97 Å². The molecule has 0 radical (unpaired) electrons. The van der Waals surface area contributed by atoms with Crippen molar-refractivity contribution in [3.63, 3.8) is 0 Å². The minimum Gasteiger partial charge on any atom is -0.478 e. The molecule has 0 saturated heterocycles. The van der Waals surface area contributed by atoms with Crippen LogP contribution in [0.2, 0.25) is 5.02 Å². The van der Waals surface area contributed by atoms with Crippen molar-refractivity contribution < 1.29 is 14.7 Å². The summed E-state index contributed by atoms with van der Waals surface area (Å²) in [6.07, 6.45) is 0. The third kappa shape index (κ3) is 5.81. The number of carboxylic acid groups (broad SMARTS) is 1. The molecule has 3 aromatic carbocycles. The van der Waals surface area contributed by atoms with Gasteiger partial charge < -0.3 is 10.4 Å². The van der Waals surface area contributed by atoms with Crippen molar-refractivity contribution in [1.82, 2.24) is 9.97 Å². The first-order chi connectivity index (χ1) is 19.3. The molecular weight excluding hydrogens is 544 g/mol. The number of fused-ring (bicyclic) bond motifs is 1. The zero-order valence-electron chi connectivity index (χ0n) is 21.1. The van der Waals surface area contributed by atoms with Crippen LogP contribution in [-0.2, 0) is 4.79 Å². The van der Waals surface area contributed by atoms with E-state index >= 15 is 0 Å². The molecule has 5 aromatic rings. The third-order valence-corrected chi connectivity index (χ3v) is 7.53. The topological polar surface area (TPSA) is 116 Å². The van der Waals surface area contributed by atoms with Gasteiger partial charge in [0.15, 0.2) is 0 Å². The van der Waals surface area contributed by atoms with Gasteiger partial charge in [0.25, 0.3) is 0 Å². The van der Waals surface area contributed by atoms with Crippen LogP contribution in [0, 0.1) is 11.3 Å². The Balaban J connectivity index is 1.31. The number of para-hydroxylation sites is 1. The average Bonchev–Trinajstić information content (AvgIpc) is 2.97. The van der Waals surface area contributed by atoms with Crippen molar-refractivity contribution in [1.29, 1.82) is 5.26 Å². The molecule has 196 valence electrons. The van der Waals surface area contributed by atoms with Crippen LogP contribution in [0.3, 0.4) is 0 Å². The first-order valence-electron chi connectivity index (χ1n) is 12.2. The fourth-order valence-corrected chi connectivity index (χ4v) is 5.10. The number of rotatable bonds is 7. The monoisotopic (exact) mass is 564 g/mol. The van der Waals surface area contributed by atoms with E-state index in [0.717, 1.165) is 11.1 Å². The number of hydrogen-bond donors (Lipinski definition) is 2. The number of anilines is 1. The Morgan fingerprint density at radius 3 is 2.30 bits per heavy atom. The SMILES string of the molecule is CC(Sc1nc(-c2ccc(Cl)cc2)ccc1C#N)C(=O)Nc1ccc(-c2cc(C(=O)O)c3ccccc3n2)cc1. The molecule has 9 heteroatoms. The maximum atomic E-state index is 13.0. The quantitative estimate of drug-likeness (QED) is 0.199. The zero-order chi connectivity index (χ0) is 28.2. The van der Waals surface area contributed by atoms with Crippen LogP contribution in [0.5, 0.6) is 0 Å². The predicted octanol–water partition coefficient (Wildman–Crippen LogP) is 7.31. The highest BCUT2D eigenvalue weighted by molar-refractivity contribution is 8.00. The first kappa shape index (κ1) is 26.9. The van der Waals surface area contributed by atoms with E-state index in [-0.39, 0.29) is 11.5 Å². The van der Waals surface area contributed by atoms with Gasteiger partial charge in [-0.15, -0.1) is 0 Å². The van der Waals surface area contributed by atoms with Crippen molar-refractivity contribution in [3.8, 4) is 28.6 Å². The number of carbonyl (C=O) groups excluding carboxylic acids is 1. The minimum absolute atomic E-state index is 0.175. The fourth-order valence-electron chi connectivity index (χ4n) is 4.09. The summed E-state index contributed by atoms with van der Waals surface area (Å²) in [7, 11) is 0. The molecule has 0 aliphatic carbocycles. The van der Waals surface area contributed by atoms with Crippen LogP contribution in [-0.4, -0.2) is 32.2 Å². The van der Waals surface area contributed by atoms with E-state index in [1.165, 1.54) is 11.8 Å². The lowest BCUT2D eigenvalue weighted by Crippen LogP contribution is -2.22. The molecular formula is C31H21ClN4O3S. The molecule has 2 heterocycles. The van der Waals surface area contributed by atoms with Crippen LogP contribution in [0.4, 0.5) is 5.69 Å². The second-order valence-corrected chi connectivity index (χ2v) is 10.6. The van der Waals surface area contributed by atoms with Crippen molar-refractivity contribution in [2.75, 3.05) is 5.32 Å². The Hall–Kier alpha value is -4.71. The first-order valence-corrected chi connectivity index (χ1v) is 13.5. The number of benzene rings is 3. The summed E-state index contributed by atoms with van der Waals surface area (Å²) in [5.74, 6) is -1.28. The zero-order valence-corrected chi connectivity index (χ0v) is 22.7. The second-order valence-electron chi connectivity index (χ2n) is 8.87. The number of aromatic carboxylic acids is 1. The van der Waals surface area contributed by atoms with Crippen LogP contribution in [0.1, 0.15) is 22.8 Å². The Kier molecular flexibility index (Phi) is 7.78. The summed E-state index contributed by atoms with van der Waals surface area (Å²) in [6, 6.07) is 28.5. The smallest absolute Gasteiger partial charge is 0.336 e. The number of thioether (sulfide) groups is 1. The number of nitrogens with one attached hydrogen (secondary N) is 1. The summed E-state index contributed by atoms with van der Waals surface area (Å²) >= 11 is 7.19. The predicted molar refractivity (Wildman–Crippen MR) is 157 cm³/mol. The fraction of sp³-hybridized carbons (Fsp3) is 0.0645. The molecule has 0 aliphatic rings. The summed E-state index contributed by atoms with van der Waals surface area (Å²) in [4.78, 5) is 34.0. The number of carbonyl (C=O) groups is 2. The molecule has 40 heavy (non-hydrogen) atoms. The highest BCUT2D eigenvalue weighted by Gasteiger charge is 2.19. The van der Waals surface area contributed by atoms with Crippen LogP contribution < -0.4 is 5.32 Å². The van der Waals surface area contributed by atoms with Crippen molar-refractivity contribution >= 4 is 51.8 Å². The lowest BCUT2D eigenvalue weighted by atomic mass is 10.0. The van der Waals surface area contributed by atoms with Gasteiger partial charge in [0.2, 0.25) is 5.91 Å². The van der Waals surface area contributed by atoms with E-state index in [9.17, 15) is 20.0 Å². The molecule has 2 aromatic heterocycles. The van der Waals surface area contributed by atoms with E-state index in [2.05, 4.69) is 21.4 Å². The van der Waals surface area contributed by atoms with Gasteiger partial charge in [0, 0.05) is 27.2 Å². The van der Waals surface area contributed by atoms with E-state index in [1.807, 2.05) is 18.2 Å². The van der Waals surface area contributed by atoms with Gasteiger partial charge in [0.05, 0.1) is 33.3 Å². The third-order valence-electron chi connectivity index (χ3n) is 6.17. The standard InChI is InChI=1S/C31H21ClN4O3S/c1-18(40-30-21(17-33)10-15-26(36-30)19-6-11-22(32)12-7-19)29(37)34-23-13-8-20(9-14-23)28-16-25(31(38)39)24-4-2-3-5-27(24)35-28/h2-16,18H,1H3,(H,34,37)(H,38,39). The van der Waals surface area contributed by atoms with Crippen LogP contribution in [0.15, 0.2) is 96.0 Å². The van der Waals surface area contributed by atoms with E-state index in [0.29, 0.717) is 43.6 Å². The molecule has 7 nitrogen and oxygen atoms in total. The number of nitriles is 1. The molecule has 1 amide bonds. The number of aromatic nitrogens is 2. The Labute approximate surface area is 239 Å². The van der Waals surface area contributed by atoms with E-state index < -0.39 is 11.2 Å². The number of halogens is 1. The number of carboxylic acids is 1. The van der Waals surface area contributed by atoms with Gasteiger partial charge in [-0.25, -0.2) is 14.8 Å². The summed E-state index contributed by atoms with van der Waals surface area (Å²) < 4.78 is 0. The maximum Gasteiger partial charge on any atom is 0.336 e. The van der Waals surface area contributed by atoms with Gasteiger partial charge in [-0.1, -0.05) is 65.8 Å². The number of nitrogens with zero attached hydrogens (tertiary/aromatic N) is 3. The second kappa shape index (κ2) is 11.6. The molecule has 0 saturated carbocycles. The molecule has 5 rings (SSSR count). The van der Waals surface area contributed by atoms with Crippen molar-refractivity contribution in [3.05, 3.63) is 107 Å². The maximum absolute atomic E-state index is 13.0. The highest BCUT2D eigenvalue weighted by atomic mass is 35.5. The summed E-state index contributed by atoms with van der Waals surface area (Å²) in [6.45, 7) is 1.75. The number of pyridine rings is 2. The largest absolute Gasteiger partial charge is 0.478 e. The van der Waals surface area contributed by atoms with E-state index in [4.69, 9.17) is 11.6 Å². The van der Waals surface area contributed by atoms with Gasteiger partial charge in [-0.05, 0) is 55.5 Å². The number of amides is 1. The minimum atomic E-state index is -1.03. The van der Waals surface area contributed by atoms with E-state index in [1.54, 1.807) is 79.7 Å². The Morgan fingerprint density at radius 2 is 1.60 bits per heavy atom. The average molecular weight is 565 g/mol. The summed E-state index contributed by atoms with van der Waals surface area (Å²) in [5, 5.41) is 23.2. The number of hydrogen-bond acceptors (Lipinski definition) is 6. The molecule has 0 aliphatic heterocycles. The molecule has 0 spiro atoms. The Bertz CT molecular complexity index is 1780. The lowest BCUT2D eigenvalue weighted by Gasteiger charge is -2.14. The van der Waals surface area contributed by atoms with Crippen molar-refractivity contribution in [2.45, 2.75) is 17.2 Å². The van der Waals surface area contributed by atoms with Crippen molar-refractivity contribution in [2.24, 2.45) is 0 Å². The normalized spacial score (nSPS) is 11.5. The van der Waals surface area contributed by atoms with Gasteiger partial charge in [-0.2, -0.15) is 5.26 Å². The van der Waals surface area contributed by atoms with Crippen LogP contribution in [0.25, 0.3) is 33.4 Å². The molecule has 1 unspecified atom stereocenters. The Morgan fingerprint density at radius 1 is 0.925 bits per heavy atom. The van der Waals surface area contributed by atoms with Gasteiger partial charge in [0.1, 0.15) is 11.1 Å². The van der Waals surface area contributed by atoms with Crippen LogP contribution >= 0.6 is 23.4 Å². The lowest BCUT2D eigenvalue weighted by molar-refractivity contribution is -0.115. The highest BCUT2D eigenvalue weighted by Crippen LogP contribution is 2.30. The molecule has 0 fully saturated rings. The molecule has 1 atom stereocenters. The van der Waals surface area contributed by atoms with Gasteiger partial charge in [-0.3, -0.25) is 4.79 Å². The molecule has 0 bridgehead atoms.